The molecule has 1 saturated carbocycles. The lowest BCUT2D eigenvalue weighted by atomic mass is 10.2. The molecule has 0 spiro atoms. The van der Waals surface area contributed by atoms with E-state index in [4.69, 9.17) is 35.4 Å². The van der Waals surface area contributed by atoms with Crippen molar-refractivity contribution in [3.63, 3.8) is 0 Å². The van der Waals surface area contributed by atoms with Crippen LogP contribution in [0.1, 0.15) is 18.9 Å². The number of nitrogens with one attached hydrogen (secondary N) is 1. The maximum Gasteiger partial charge on any atom is 0.195 e. The molecule has 0 atom stereocenters. The SMILES string of the molecule is S=c1[nH]nc(-c2ccc(Cl)cc2Cl)n1C1CC1. The predicted octanol–water partition coefficient (Wildman–Crippen LogP) is 4.25. The molecule has 0 amide bonds. The van der Waals surface area contributed by atoms with Crippen LogP contribution in [0.25, 0.3) is 11.4 Å². The highest BCUT2D eigenvalue weighted by Crippen LogP contribution is 2.39. The van der Waals surface area contributed by atoms with E-state index in [0.717, 1.165) is 24.2 Å². The standard InChI is InChI=1S/C11H9Cl2N3S/c12-6-1-4-8(9(13)5-6)10-14-15-11(17)16(10)7-2-3-7/h1,4-5,7H,2-3H2,(H,15,17). The van der Waals surface area contributed by atoms with E-state index in [1.807, 2.05) is 10.6 Å². The van der Waals surface area contributed by atoms with Gasteiger partial charge in [0.25, 0.3) is 0 Å². The van der Waals surface area contributed by atoms with Crippen LogP contribution in [-0.2, 0) is 0 Å². The zero-order valence-corrected chi connectivity index (χ0v) is 11.1. The number of H-pyrrole nitrogens is 1. The molecule has 2 aromatic rings. The number of aromatic amines is 1. The number of nitrogens with zero attached hydrogens (tertiary/aromatic N) is 2. The summed E-state index contributed by atoms with van der Waals surface area (Å²) in [6.45, 7) is 0. The lowest BCUT2D eigenvalue weighted by Crippen LogP contribution is -1.97. The Bertz CT molecular complexity index is 628. The Balaban J connectivity index is 2.18. The van der Waals surface area contributed by atoms with Crippen molar-refractivity contribution in [2.45, 2.75) is 18.9 Å². The molecular weight excluding hydrogens is 277 g/mol. The topological polar surface area (TPSA) is 33.6 Å². The Labute approximate surface area is 113 Å². The summed E-state index contributed by atoms with van der Waals surface area (Å²) in [6, 6.07) is 5.85. The Kier molecular flexibility index (Phi) is 2.73. The molecule has 1 aromatic heterocycles. The number of hydrogen-bond acceptors (Lipinski definition) is 2. The molecule has 3 rings (SSSR count). The second-order valence-corrected chi connectivity index (χ2v) is 5.31. The molecule has 1 aliphatic rings. The highest BCUT2D eigenvalue weighted by Gasteiger charge is 2.28. The summed E-state index contributed by atoms with van der Waals surface area (Å²) in [5, 5.41) is 8.29. The summed E-state index contributed by atoms with van der Waals surface area (Å²) in [6.07, 6.45) is 2.29. The molecule has 0 radical (unpaired) electrons. The Morgan fingerprint density at radius 1 is 1.35 bits per heavy atom. The third kappa shape index (κ3) is 2.01. The van der Waals surface area contributed by atoms with Gasteiger partial charge in [0, 0.05) is 16.6 Å². The largest absolute Gasteiger partial charge is 0.297 e. The number of benzene rings is 1. The molecule has 0 unspecified atom stereocenters. The third-order valence-electron chi connectivity index (χ3n) is 2.79. The van der Waals surface area contributed by atoms with Gasteiger partial charge in [0.1, 0.15) is 0 Å². The van der Waals surface area contributed by atoms with Gasteiger partial charge < -0.3 is 0 Å². The Morgan fingerprint density at radius 2 is 2.12 bits per heavy atom. The molecule has 1 aromatic carbocycles. The molecule has 1 heterocycles. The summed E-state index contributed by atoms with van der Waals surface area (Å²) in [4.78, 5) is 0. The van der Waals surface area contributed by atoms with Crippen molar-refractivity contribution >= 4 is 35.4 Å². The van der Waals surface area contributed by atoms with E-state index >= 15 is 0 Å². The van der Waals surface area contributed by atoms with Gasteiger partial charge in [-0.2, -0.15) is 5.10 Å². The number of hydrogen-bond donors (Lipinski definition) is 1. The summed E-state index contributed by atoms with van der Waals surface area (Å²) in [5.41, 5.74) is 0.857. The molecule has 0 aliphatic heterocycles. The number of halogens is 2. The summed E-state index contributed by atoms with van der Waals surface area (Å²) in [5.74, 6) is 0.791. The first-order chi connectivity index (χ1) is 8.16. The van der Waals surface area contributed by atoms with Gasteiger partial charge in [0.05, 0.1) is 5.02 Å². The minimum Gasteiger partial charge on any atom is -0.297 e. The summed E-state index contributed by atoms with van der Waals surface area (Å²) < 4.78 is 2.68. The minimum absolute atomic E-state index is 0.461. The van der Waals surface area contributed by atoms with Crippen LogP contribution in [0.2, 0.25) is 10.0 Å². The average Bonchev–Trinajstić information content (AvgIpc) is 3.03. The molecule has 88 valence electrons. The van der Waals surface area contributed by atoms with Crippen molar-refractivity contribution in [1.29, 1.82) is 0 Å². The van der Waals surface area contributed by atoms with Gasteiger partial charge in [-0.25, -0.2) is 0 Å². The molecule has 17 heavy (non-hydrogen) atoms. The van der Waals surface area contributed by atoms with E-state index in [1.165, 1.54) is 0 Å². The first-order valence-electron chi connectivity index (χ1n) is 5.29. The van der Waals surface area contributed by atoms with Crippen LogP contribution in [0.15, 0.2) is 18.2 Å². The predicted molar refractivity (Wildman–Crippen MR) is 71.1 cm³/mol. The van der Waals surface area contributed by atoms with Gasteiger partial charge in [-0.3, -0.25) is 9.67 Å². The molecule has 3 nitrogen and oxygen atoms in total. The summed E-state index contributed by atoms with van der Waals surface area (Å²) in [7, 11) is 0. The van der Waals surface area contributed by atoms with Crippen LogP contribution in [0, 0.1) is 4.77 Å². The highest BCUT2D eigenvalue weighted by atomic mass is 35.5. The zero-order chi connectivity index (χ0) is 12.0. The molecule has 1 N–H and O–H groups in total. The first kappa shape index (κ1) is 11.3. The van der Waals surface area contributed by atoms with E-state index in [9.17, 15) is 0 Å². The van der Waals surface area contributed by atoms with Crippen molar-refractivity contribution < 1.29 is 0 Å². The van der Waals surface area contributed by atoms with Crippen LogP contribution in [0.4, 0.5) is 0 Å². The second-order valence-electron chi connectivity index (χ2n) is 4.08. The van der Waals surface area contributed by atoms with Crippen molar-refractivity contribution in [3.8, 4) is 11.4 Å². The normalized spacial score (nSPS) is 15.2. The van der Waals surface area contributed by atoms with Crippen molar-refractivity contribution in [2.75, 3.05) is 0 Å². The number of rotatable bonds is 2. The fraction of sp³-hybridized carbons (Fsp3) is 0.273. The zero-order valence-electron chi connectivity index (χ0n) is 8.78. The fourth-order valence-corrected chi connectivity index (χ4v) is 2.61. The monoisotopic (exact) mass is 285 g/mol. The van der Waals surface area contributed by atoms with Gasteiger partial charge in [0.2, 0.25) is 0 Å². The van der Waals surface area contributed by atoms with E-state index < -0.39 is 0 Å². The number of aromatic nitrogens is 3. The Hall–Kier alpha value is -0.840. The minimum atomic E-state index is 0.461. The van der Waals surface area contributed by atoms with Crippen LogP contribution in [-0.4, -0.2) is 14.8 Å². The first-order valence-corrected chi connectivity index (χ1v) is 6.45. The van der Waals surface area contributed by atoms with E-state index in [1.54, 1.807) is 12.1 Å². The molecule has 6 heteroatoms. The van der Waals surface area contributed by atoms with Crippen molar-refractivity contribution in [2.24, 2.45) is 0 Å². The van der Waals surface area contributed by atoms with E-state index in [-0.39, 0.29) is 0 Å². The van der Waals surface area contributed by atoms with E-state index in [2.05, 4.69) is 10.2 Å². The molecule has 1 fully saturated rings. The van der Waals surface area contributed by atoms with Crippen molar-refractivity contribution in [1.82, 2.24) is 14.8 Å². The molecule has 1 aliphatic carbocycles. The van der Waals surface area contributed by atoms with Gasteiger partial charge in [0.15, 0.2) is 10.6 Å². The van der Waals surface area contributed by atoms with Gasteiger partial charge in [-0.1, -0.05) is 23.2 Å². The molecule has 0 bridgehead atoms. The molecule has 0 saturated heterocycles. The quantitative estimate of drug-likeness (QED) is 0.837. The maximum atomic E-state index is 6.18. The van der Waals surface area contributed by atoms with Crippen LogP contribution < -0.4 is 0 Å². The second kappa shape index (κ2) is 4.12. The lowest BCUT2D eigenvalue weighted by molar-refractivity contribution is 0.735. The van der Waals surface area contributed by atoms with Gasteiger partial charge in [-0.15, -0.1) is 0 Å². The maximum absolute atomic E-state index is 6.18. The van der Waals surface area contributed by atoms with Gasteiger partial charge in [-0.05, 0) is 43.3 Å². The molecular formula is C11H9Cl2N3S. The van der Waals surface area contributed by atoms with Crippen LogP contribution in [0.3, 0.4) is 0 Å². The lowest BCUT2D eigenvalue weighted by Gasteiger charge is -2.06. The van der Waals surface area contributed by atoms with E-state index in [0.29, 0.717) is 20.9 Å². The highest BCUT2D eigenvalue weighted by molar-refractivity contribution is 7.71. The Morgan fingerprint density at radius 3 is 2.76 bits per heavy atom. The van der Waals surface area contributed by atoms with Crippen molar-refractivity contribution in [3.05, 3.63) is 33.0 Å². The fourth-order valence-electron chi connectivity index (χ4n) is 1.84. The van der Waals surface area contributed by atoms with Gasteiger partial charge >= 0.3 is 0 Å². The average molecular weight is 286 g/mol. The van der Waals surface area contributed by atoms with Crippen LogP contribution in [0.5, 0.6) is 0 Å². The third-order valence-corrected chi connectivity index (χ3v) is 3.62. The summed E-state index contributed by atoms with van der Waals surface area (Å²) >= 11 is 17.3. The van der Waals surface area contributed by atoms with Crippen LogP contribution >= 0.6 is 35.4 Å². The smallest absolute Gasteiger partial charge is 0.195 e.